The van der Waals surface area contributed by atoms with Crippen LogP contribution >= 0.6 is 0 Å². The predicted molar refractivity (Wildman–Crippen MR) is 95.8 cm³/mol. The minimum atomic E-state index is -0.422. The maximum Gasteiger partial charge on any atom is 0.251 e. The van der Waals surface area contributed by atoms with E-state index >= 15 is 0 Å². The van der Waals surface area contributed by atoms with Gasteiger partial charge in [-0.3, -0.25) is 14.5 Å². The second kappa shape index (κ2) is 9.54. The number of aliphatic hydroxyl groups excluding tert-OH is 1. The first-order valence-electron chi connectivity index (χ1n) is 9.04. The number of aliphatic hydroxyl groups is 1. The first-order chi connectivity index (χ1) is 13.2. The number of aromatic nitrogens is 4. The average molecular weight is 375 g/mol. The number of carbonyl (C=O) groups is 1. The van der Waals surface area contributed by atoms with E-state index in [0.29, 0.717) is 18.7 Å². The van der Waals surface area contributed by atoms with Crippen LogP contribution in [0.3, 0.4) is 0 Å². The molecule has 2 aromatic rings. The Bertz CT molecular complexity index is 724. The number of pyridine rings is 1. The third kappa shape index (κ3) is 5.31. The zero-order chi connectivity index (χ0) is 19.1. The van der Waals surface area contributed by atoms with Gasteiger partial charge >= 0.3 is 0 Å². The van der Waals surface area contributed by atoms with E-state index in [1.165, 1.54) is 0 Å². The standard InChI is InChI=1S/C18H25N5O4/c1-26-12-14-10-23(22-21-14)9-6-15-2-3-16(17(11-24)27-15)20-18(25)13-4-7-19-8-5-13/h4-5,7-8,10,15-17,24H,2-3,6,9,11-12H2,1H3,(H,20,25)/t15-,16+,17+/m0/s1. The molecule has 9 nitrogen and oxygen atoms in total. The fraction of sp³-hybridized carbons (Fsp3) is 0.556. The van der Waals surface area contributed by atoms with Crippen LogP contribution in [0, 0.1) is 0 Å². The Morgan fingerprint density at radius 3 is 2.96 bits per heavy atom. The molecule has 2 N–H and O–H groups in total. The summed E-state index contributed by atoms with van der Waals surface area (Å²) in [4.78, 5) is 16.2. The molecule has 2 aromatic heterocycles. The van der Waals surface area contributed by atoms with Crippen molar-refractivity contribution < 1.29 is 19.4 Å². The summed E-state index contributed by atoms with van der Waals surface area (Å²) in [7, 11) is 1.62. The van der Waals surface area contributed by atoms with Crippen molar-refractivity contribution >= 4 is 5.91 Å². The molecule has 27 heavy (non-hydrogen) atoms. The third-order valence-electron chi connectivity index (χ3n) is 4.61. The Morgan fingerprint density at radius 1 is 1.41 bits per heavy atom. The lowest BCUT2D eigenvalue weighted by Crippen LogP contribution is -2.51. The minimum absolute atomic E-state index is 0.00584. The molecule has 1 saturated heterocycles. The van der Waals surface area contributed by atoms with E-state index in [0.717, 1.165) is 25.0 Å². The number of methoxy groups -OCH3 is 1. The summed E-state index contributed by atoms with van der Waals surface area (Å²) >= 11 is 0. The average Bonchev–Trinajstić information content (AvgIpc) is 3.15. The van der Waals surface area contributed by atoms with Crippen LogP contribution in [0.4, 0.5) is 0 Å². The molecule has 1 aliphatic heterocycles. The lowest BCUT2D eigenvalue weighted by Gasteiger charge is -2.36. The second-order valence-corrected chi connectivity index (χ2v) is 6.57. The van der Waals surface area contributed by atoms with Gasteiger partial charge in [-0.05, 0) is 31.4 Å². The first-order valence-corrected chi connectivity index (χ1v) is 9.04. The molecule has 3 heterocycles. The van der Waals surface area contributed by atoms with E-state index in [1.807, 2.05) is 6.20 Å². The number of rotatable bonds is 8. The molecule has 0 radical (unpaired) electrons. The van der Waals surface area contributed by atoms with Gasteiger partial charge in [-0.15, -0.1) is 5.10 Å². The third-order valence-corrected chi connectivity index (χ3v) is 4.61. The molecule has 3 rings (SSSR count). The molecule has 1 fully saturated rings. The summed E-state index contributed by atoms with van der Waals surface area (Å²) in [6.07, 6.45) is 6.91. The van der Waals surface area contributed by atoms with Crippen LogP contribution in [0.25, 0.3) is 0 Å². The van der Waals surface area contributed by atoms with Crippen molar-refractivity contribution in [2.45, 2.75) is 50.7 Å². The lowest BCUT2D eigenvalue weighted by atomic mass is 9.97. The summed E-state index contributed by atoms with van der Waals surface area (Å²) in [5.74, 6) is -0.184. The van der Waals surface area contributed by atoms with Crippen molar-refractivity contribution in [3.05, 3.63) is 42.0 Å². The van der Waals surface area contributed by atoms with Crippen LogP contribution in [0.15, 0.2) is 30.7 Å². The summed E-state index contributed by atoms with van der Waals surface area (Å²) < 4.78 is 12.8. The Balaban J connectivity index is 1.49. The Morgan fingerprint density at radius 2 is 2.22 bits per heavy atom. The molecule has 0 spiro atoms. The number of hydrogen-bond donors (Lipinski definition) is 2. The van der Waals surface area contributed by atoms with Gasteiger partial charge in [-0.1, -0.05) is 5.21 Å². The predicted octanol–water partition coefficient (Wildman–Crippen LogP) is 0.548. The normalized spacial score (nSPS) is 22.5. The Kier molecular flexibility index (Phi) is 6.86. The number of nitrogens with one attached hydrogen (secondary N) is 1. The van der Waals surface area contributed by atoms with Crippen molar-refractivity contribution in [1.29, 1.82) is 0 Å². The summed E-state index contributed by atoms with van der Waals surface area (Å²) in [6.45, 7) is 0.970. The Hall–Kier alpha value is -2.36. The molecule has 0 aliphatic carbocycles. The molecule has 3 atom stereocenters. The largest absolute Gasteiger partial charge is 0.394 e. The number of nitrogens with zero attached hydrogens (tertiary/aromatic N) is 4. The lowest BCUT2D eigenvalue weighted by molar-refractivity contribution is -0.0912. The molecule has 0 unspecified atom stereocenters. The monoisotopic (exact) mass is 375 g/mol. The van der Waals surface area contributed by atoms with E-state index in [1.54, 1.807) is 36.3 Å². The van der Waals surface area contributed by atoms with Crippen LogP contribution in [0.5, 0.6) is 0 Å². The van der Waals surface area contributed by atoms with Crippen LogP contribution in [-0.4, -0.2) is 63.0 Å². The van der Waals surface area contributed by atoms with Gasteiger partial charge in [0.15, 0.2) is 0 Å². The summed E-state index contributed by atoms with van der Waals surface area (Å²) in [5.41, 5.74) is 1.33. The van der Waals surface area contributed by atoms with Gasteiger partial charge in [0, 0.05) is 31.6 Å². The van der Waals surface area contributed by atoms with Crippen LogP contribution in [0.1, 0.15) is 35.3 Å². The zero-order valence-corrected chi connectivity index (χ0v) is 15.3. The topological polar surface area (TPSA) is 111 Å². The molecule has 9 heteroatoms. The van der Waals surface area contributed by atoms with Crippen molar-refractivity contribution in [3.63, 3.8) is 0 Å². The maximum absolute atomic E-state index is 12.3. The van der Waals surface area contributed by atoms with E-state index in [-0.39, 0.29) is 24.7 Å². The highest BCUT2D eigenvalue weighted by atomic mass is 16.5. The molecule has 0 bridgehead atoms. The van der Waals surface area contributed by atoms with E-state index in [4.69, 9.17) is 9.47 Å². The zero-order valence-electron chi connectivity index (χ0n) is 15.3. The fourth-order valence-corrected chi connectivity index (χ4v) is 3.20. The SMILES string of the molecule is COCc1cn(CC[C@@H]2CC[C@@H](NC(=O)c3ccncc3)[C@@H](CO)O2)nn1. The number of aryl methyl sites for hydroxylation is 1. The van der Waals surface area contributed by atoms with Crippen molar-refractivity contribution in [1.82, 2.24) is 25.3 Å². The maximum atomic E-state index is 12.3. The number of ether oxygens (including phenoxy) is 2. The van der Waals surface area contributed by atoms with Gasteiger partial charge in [-0.2, -0.15) is 0 Å². The van der Waals surface area contributed by atoms with Crippen molar-refractivity contribution in [2.75, 3.05) is 13.7 Å². The first kappa shape index (κ1) is 19.4. The molecule has 0 aromatic carbocycles. The molecule has 1 aliphatic rings. The fourth-order valence-electron chi connectivity index (χ4n) is 3.20. The summed E-state index contributed by atoms with van der Waals surface area (Å²) in [5, 5.41) is 20.7. The van der Waals surface area contributed by atoms with Gasteiger partial charge < -0.3 is 19.9 Å². The second-order valence-electron chi connectivity index (χ2n) is 6.57. The molecular formula is C18H25N5O4. The van der Waals surface area contributed by atoms with Gasteiger partial charge in [0.2, 0.25) is 0 Å². The van der Waals surface area contributed by atoms with Gasteiger partial charge in [0.25, 0.3) is 5.91 Å². The van der Waals surface area contributed by atoms with E-state index < -0.39 is 6.10 Å². The summed E-state index contributed by atoms with van der Waals surface area (Å²) in [6, 6.07) is 3.10. The van der Waals surface area contributed by atoms with Gasteiger partial charge in [0.1, 0.15) is 11.8 Å². The van der Waals surface area contributed by atoms with Crippen LogP contribution in [0.2, 0.25) is 0 Å². The van der Waals surface area contributed by atoms with E-state index in [9.17, 15) is 9.90 Å². The highest BCUT2D eigenvalue weighted by Gasteiger charge is 2.32. The smallest absolute Gasteiger partial charge is 0.251 e. The van der Waals surface area contributed by atoms with Crippen LogP contribution < -0.4 is 5.32 Å². The van der Waals surface area contributed by atoms with E-state index in [2.05, 4.69) is 20.6 Å². The highest BCUT2D eigenvalue weighted by Crippen LogP contribution is 2.22. The molecule has 0 saturated carbocycles. The van der Waals surface area contributed by atoms with Crippen molar-refractivity contribution in [3.8, 4) is 0 Å². The van der Waals surface area contributed by atoms with Gasteiger partial charge in [-0.25, -0.2) is 0 Å². The van der Waals surface area contributed by atoms with Crippen molar-refractivity contribution in [2.24, 2.45) is 0 Å². The number of hydrogen-bond acceptors (Lipinski definition) is 7. The minimum Gasteiger partial charge on any atom is -0.394 e. The quantitative estimate of drug-likeness (QED) is 0.693. The van der Waals surface area contributed by atoms with Crippen LogP contribution in [-0.2, 0) is 22.6 Å². The number of amides is 1. The number of carbonyl (C=O) groups excluding carboxylic acids is 1. The Labute approximate surface area is 157 Å². The molecule has 146 valence electrons. The van der Waals surface area contributed by atoms with Gasteiger partial charge in [0.05, 0.1) is 31.6 Å². The molecule has 1 amide bonds. The molecular weight excluding hydrogens is 350 g/mol. The highest BCUT2D eigenvalue weighted by molar-refractivity contribution is 5.94.